The molecule has 1 amide bonds. The summed E-state index contributed by atoms with van der Waals surface area (Å²) < 4.78 is 5.22. The van der Waals surface area contributed by atoms with Gasteiger partial charge in [-0.1, -0.05) is 49.4 Å². The number of hydrogen-bond donors (Lipinski definition) is 1. The Balaban J connectivity index is 1.69. The van der Waals surface area contributed by atoms with Gasteiger partial charge in [0.25, 0.3) is 5.91 Å². The van der Waals surface area contributed by atoms with Gasteiger partial charge in [0, 0.05) is 18.3 Å². The van der Waals surface area contributed by atoms with Crippen molar-refractivity contribution in [2.45, 2.75) is 32.2 Å². The van der Waals surface area contributed by atoms with Crippen molar-refractivity contribution < 1.29 is 24.2 Å². The van der Waals surface area contributed by atoms with E-state index >= 15 is 0 Å². The molecule has 3 aromatic rings. The minimum Gasteiger partial charge on any atom is -0.503 e. The van der Waals surface area contributed by atoms with Crippen molar-refractivity contribution >= 4 is 23.3 Å². The molecule has 1 aliphatic rings. The van der Waals surface area contributed by atoms with Crippen molar-refractivity contribution in [3.05, 3.63) is 107 Å². The van der Waals surface area contributed by atoms with Crippen molar-refractivity contribution in [3.8, 4) is 0 Å². The summed E-state index contributed by atoms with van der Waals surface area (Å²) in [4.78, 5) is 44.7. The molecule has 0 saturated heterocycles. The molecule has 1 unspecified atom stereocenters. The molecule has 1 aromatic heterocycles. The highest BCUT2D eigenvalue weighted by Gasteiger charge is 2.44. The first-order chi connectivity index (χ1) is 17.0. The Morgan fingerprint density at radius 2 is 1.80 bits per heavy atom. The Labute approximate surface area is 203 Å². The van der Waals surface area contributed by atoms with Crippen LogP contribution in [0, 0.1) is 0 Å². The van der Waals surface area contributed by atoms with E-state index in [1.165, 1.54) is 11.0 Å². The average molecular weight is 471 g/mol. The molecule has 4 rings (SSSR count). The van der Waals surface area contributed by atoms with E-state index in [1.807, 2.05) is 37.3 Å². The number of anilines is 1. The molecule has 0 aliphatic carbocycles. The highest BCUT2D eigenvalue weighted by molar-refractivity contribution is 6.16. The molecule has 2 aromatic carbocycles. The number of aliphatic hydroxyl groups excluding tert-OH is 1. The van der Waals surface area contributed by atoms with Gasteiger partial charge in [-0.05, 0) is 48.7 Å². The first kappa shape index (κ1) is 23.9. The molecule has 0 bridgehead atoms. The van der Waals surface area contributed by atoms with Gasteiger partial charge in [-0.3, -0.25) is 19.5 Å². The van der Waals surface area contributed by atoms with Crippen LogP contribution in [-0.4, -0.2) is 34.4 Å². The van der Waals surface area contributed by atoms with Crippen molar-refractivity contribution in [2.24, 2.45) is 0 Å². The number of ketones is 1. The number of carbonyl (C=O) groups excluding carboxylic acids is 3. The predicted molar refractivity (Wildman–Crippen MR) is 131 cm³/mol. The van der Waals surface area contributed by atoms with Gasteiger partial charge in [0.05, 0.1) is 23.4 Å². The standard InChI is InChI=1S/C28H26N2O5/c1-2-17-35-28(34)20-11-8-12-21(18-20)30-25(22-13-6-7-16-29-22)24(26(32)27(30)33)23(31)15-14-19-9-4-3-5-10-19/h3-13,16,18,25,32H,2,14-15,17H2,1H3. The Morgan fingerprint density at radius 3 is 2.51 bits per heavy atom. The molecule has 1 N–H and O–H groups in total. The fourth-order valence-electron chi connectivity index (χ4n) is 4.07. The fraction of sp³-hybridized carbons (Fsp3) is 0.214. The van der Waals surface area contributed by atoms with Crippen molar-refractivity contribution in [2.75, 3.05) is 11.5 Å². The normalized spacial score (nSPS) is 15.4. The smallest absolute Gasteiger partial charge is 0.338 e. The SMILES string of the molecule is CCCOC(=O)c1cccc(N2C(=O)C(O)=C(C(=O)CCc3ccccc3)C2c2ccccn2)c1. The maximum Gasteiger partial charge on any atom is 0.338 e. The number of Topliss-reactive ketones (excluding diaryl/α,β-unsaturated/α-hetero) is 1. The summed E-state index contributed by atoms with van der Waals surface area (Å²) in [7, 11) is 0. The van der Waals surface area contributed by atoms with Crippen molar-refractivity contribution in [1.82, 2.24) is 4.98 Å². The Hall–Kier alpha value is -4.26. The number of hydrogen-bond acceptors (Lipinski definition) is 6. The number of benzene rings is 2. The molecule has 0 saturated carbocycles. The largest absolute Gasteiger partial charge is 0.503 e. The Morgan fingerprint density at radius 1 is 1.03 bits per heavy atom. The summed E-state index contributed by atoms with van der Waals surface area (Å²) in [6.07, 6.45) is 2.84. The third-order valence-electron chi connectivity index (χ3n) is 5.76. The molecule has 7 heteroatoms. The van der Waals surface area contributed by atoms with Gasteiger partial charge in [0.15, 0.2) is 11.5 Å². The van der Waals surface area contributed by atoms with Crippen LogP contribution in [0.4, 0.5) is 5.69 Å². The molecule has 0 radical (unpaired) electrons. The van der Waals surface area contributed by atoms with Crippen LogP contribution in [0.2, 0.25) is 0 Å². The number of aromatic nitrogens is 1. The van der Waals surface area contributed by atoms with Crippen LogP contribution in [0.25, 0.3) is 0 Å². The van der Waals surface area contributed by atoms with Crippen LogP contribution in [-0.2, 0) is 20.7 Å². The molecule has 35 heavy (non-hydrogen) atoms. The lowest BCUT2D eigenvalue weighted by Crippen LogP contribution is -2.31. The van der Waals surface area contributed by atoms with Gasteiger partial charge in [-0.25, -0.2) is 4.79 Å². The maximum atomic E-state index is 13.3. The second-order valence-electron chi connectivity index (χ2n) is 8.19. The number of rotatable bonds is 9. The highest BCUT2D eigenvalue weighted by atomic mass is 16.5. The summed E-state index contributed by atoms with van der Waals surface area (Å²) in [5.74, 6) is -2.16. The zero-order chi connectivity index (χ0) is 24.8. The van der Waals surface area contributed by atoms with E-state index in [-0.39, 0.29) is 29.9 Å². The van der Waals surface area contributed by atoms with E-state index in [2.05, 4.69) is 4.98 Å². The van der Waals surface area contributed by atoms with Gasteiger partial charge in [0.1, 0.15) is 6.04 Å². The lowest BCUT2D eigenvalue weighted by Gasteiger charge is -2.26. The monoisotopic (exact) mass is 470 g/mol. The summed E-state index contributed by atoms with van der Waals surface area (Å²) >= 11 is 0. The van der Waals surface area contributed by atoms with Crippen LogP contribution >= 0.6 is 0 Å². The summed E-state index contributed by atoms with van der Waals surface area (Å²) in [6, 6.07) is 20.2. The second kappa shape index (κ2) is 10.8. The number of esters is 1. The number of aliphatic hydroxyl groups is 1. The number of amides is 1. The van der Waals surface area contributed by atoms with E-state index in [0.717, 1.165) is 5.56 Å². The maximum absolute atomic E-state index is 13.3. The topological polar surface area (TPSA) is 96.8 Å². The first-order valence-electron chi connectivity index (χ1n) is 11.5. The molecular formula is C28H26N2O5. The van der Waals surface area contributed by atoms with Crippen LogP contribution in [0.15, 0.2) is 90.3 Å². The van der Waals surface area contributed by atoms with E-state index in [0.29, 0.717) is 24.2 Å². The van der Waals surface area contributed by atoms with Gasteiger partial charge in [-0.15, -0.1) is 0 Å². The third kappa shape index (κ3) is 5.14. The Bertz CT molecular complexity index is 1250. The molecule has 2 heterocycles. The quantitative estimate of drug-likeness (QED) is 0.454. The van der Waals surface area contributed by atoms with Crippen LogP contribution in [0.5, 0.6) is 0 Å². The van der Waals surface area contributed by atoms with Gasteiger partial charge >= 0.3 is 5.97 Å². The van der Waals surface area contributed by atoms with Crippen LogP contribution < -0.4 is 4.90 Å². The minimum absolute atomic E-state index is 0.00333. The second-order valence-corrected chi connectivity index (χ2v) is 8.19. The molecule has 0 spiro atoms. The third-order valence-corrected chi connectivity index (χ3v) is 5.76. The average Bonchev–Trinajstić information content (AvgIpc) is 3.17. The number of aryl methyl sites for hydroxylation is 1. The van der Waals surface area contributed by atoms with E-state index in [4.69, 9.17) is 4.74 Å². The first-order valence-corrected chi connectivity index (χ1v) is 11.5. The molecule has 178 valence electrons. The predicted octanol–water partition coefficient (Wildman–Crippen LogP) is 4.75. The zero-order valence-electron chi connectivity index (χ0n) is 19.4. The molecule has 7 nitrogen and oxygen atoms in total. The Kier molecular flexibility index (Phi) is 7.35. The number of ether oxygens (including phenoxy) is 1. The lowest BCUT2D eigenvalue weighted by molar-refractivity contribution is -0.118. The molecular weight excluding hydrogens is 444 g/mol. The summed E-state index contributed by atoms with van der Waals surface area (Å²) in [6.45, 7) is 2.18. The highest BCUT2D eigenvalue weighted by Crippen LogP contribution is 2.41. The van der Waals surface area contributed by atoms with Crippen LogP contribution in [0.1, 0.15) is 47.4 Å². The lowest BCUT2D eigenvalue weighted by atomic mass is 9.95. The summed E-state index contributed by atoms with van der Waals surface area (Å²) in [5, 5.41) is 10.8. The fourth-order valence-corrected chi connectivity index (χ4v) is 4.07. The number of pyridine rings is 1. The molecule has 1 aliphatic heterocycles. The minimum atomic E-state index is -0.922. The van der Waals surface area contributed by atoms with Gasteiger partial charge in [-0.2, -0.15) is 0 Å². The summed E-state index contributed by atoms with van der Waals surface area (Å²) in [5.41, 5.74) is 2.05. The van der Waals surface area contributed by atoms with Crippen molar-refractivity contribution in [1.29, 1.82) is 0 Å². The van der Waals surface area contributed by atoms with Crippen molar-refractivity contribution in [3.63, 3.8) is 0 Å². The molecule has 1 atom stereocenters. The number of carbonyl (C=O) groups is 3. The van der Waals surface area contributed by atoms with Gasteiger partial charge in [0.2, 0.25) is 0 Å². The van der Waals surface area contributed by atoms with Gasteiger partial charge < -0.3 is 9.84 Å². The van der Waals surface area contributed by atoms with E-state index in [1.54, 1.807) is 42.6 Å². The molecule has 0 fully saturated rings. The van der Waals surface area contributed by atoms with E-state index in [9.17, 15) is 19.5 Å². The number of nitrogens with zero attached hydrogens (tertiary/aromatic N) is 2. The zero-order valence-corrected chi connectivity index (χ0v) is 19.4. The van der Waals surface area contributed by atoms with Crippen LogP contribution in [0.3, 0.4) is 0 Å². The van der Waals surface area contributed by atoms with E-state index < -0.39 is 23.7 Å².